The summed E-state index contributed by atoms with van der Waals surface area (Å²) in [7, 11) is 1.94. The number of benzene rings is 1. The van der Waals surface area contributed by atoms with Gasteiger partial charge in [-0.15, -0.1) is 35.3 Å². The Labute approximate surface area is 190 Å². The molecule has 0 amide bonds. The lowest BCUT2D eigenvalue weighted by atomic mass is 10.1. The summed E-state index contributed by atoms with van der Waals surface area (Å²) in [6.07, 6.45) is -4.32. The first-order valence-electron chi connectivity index (χ1n) is 8.89. The highest BCUT2D eigenvalue weighted by Gasteiger charge is 2.27. The molecule has 0 unspecified atom stereocenters. The molecule has 0 saturated carbocycles. The van der Waals surface area contributed by atoms with E-state index in [0.29, 0.717) is 18.7 Å². The zero-order valence-electron chi connectivity index (χ0n) is 16.6. The fraction of sp³-hybridized carbons (Fsp3) is 0.474. The summed E-state index contributed by atoms with van der Waals surface area (Å²) in [5.74, 6) is 0.742. The van der Waals surface area contributed by atoms with Gasteiger partial charge in [-0.05, 0) is 25.0 Å². The molecule has 0 spiro atoms. The van der Waals surface area contributed by atoms with E-state index in [-0.39, 0.29) is 30.6 Å². The minimum atomic E-state index is -4.32. The summed E-state index contributed by atoms with van der Waals surface area (Å²) < 4.78 is 41.3. The number of rotatable bonds is 8. The van der Waals surface area contributed by atoms with Crippen molar-refractivity contribution < 1.29 is 17.9 Å². The van der Waals surface area contributed by atoms with Crippen LogP contribution in [0.2, 0.25) is 0 Å². The van der Waals surface area contributed by atoms with E-state index in [9.17, 15) is 13.2 Å². The average Bonchev–Trinajstić information content (AvgIpc) is 3.02. The Kier molecular flexibility index (Phi) is 10.9. The van der Waals surface area contributed by atoms with Crippen LogP contribution >= 0.6 is 35.3 Å². The molecule has 2 rings (SSSR count). The molecule has 1 aromatic carbocycles. The Bertz CT molecular complexity index is 783. The molecule has 29 heavy (non-hydrogen) atoms. The molecule has 1 heterocycles. The van der Waals surface area contributed by atoms with Crippen molar-refractivity contribution >= 4 is 41.3 Å². The quantitative estimate of drug-likeness (QED) is 0.298. The number of ether oxygens (including phenoxy) is 1. The predicted octanol–water partition coefficient (Wildman–Crippen LogP) is 4.75. The number of hydrogen-bond donors (Lipinski definition) is 1. The molecule has 1 aromatic heterocycles. The van der Waals surface area contributed by atoms with Gasteiger partial charge in [0.2, 0.25) is 0 Å². The highest BCUT2D eigenvalue weighted by atomic mass is 127. The Hall–Kier alpha value is -1.40. The summed E-state index contributed by atoms with van der Waals surface area (Å²) in [6, 6.07) is 7.24. The van der Waals surface area contributed by atoms with Crippen LogP contribution in [0.1, 0.15) is 28.8 Å². The van der Waals surface area contributed by atoms with Gasteiger partial charge in [0.1, 0.15) is 6.61 Å². The molecular weight excluding hydrogens is 516 g/mol. The van der Waals surface area contributed by atoms with Gasteiger partial charge >= 0.3 is 6.18 Å². The monoisotopic (exact) mass is 542 g/mol. The van der Waals surface area contributed by atoms with E-state index in [2.05, 4.69) is 15.3 Å². The molecule has 1 N–H and O–H groups in total. The maximum absolute atomic E-state index is 12.2. The van der Waals surface area contributed by atoms with E-state index in [4.69, 9.17) is 4.74 Å². The Morgan fingerprint density at radius 2 is 2.03 bits per heavy atom. The van der Waals surface area contributed by atoms with Crippen LogP contribution in [0.5, 0.6) is 0 Å². The Balaban J connectivity index is 0.00000420. The van der Waals surface area contributed by atoms with E-state index in [0.717, 1.165) is 28.8 Å². The number of hydrogen-bond acceptors (Lipinski definition) is 4. The van der Waals surface area contributed by atoms with Gasteiger partial charge in [0, 0.05) is 19.0 Å². The van der Waals surface area contributed by atoms with Crippen molar-refractivity contribution in [3.63, 3.8) is 0 Å². The molecule has 0 fully saturated rings. The molecule has 0 aliphatic heterocycles. The molecule has 2 aromatic rings. The third-order valence-electron chi connectivity index (χ3n) is 3.70. The molecular formula is C19H26F3IN4OS. The number of guanidine groups is 1. The maximum Gasteiger partial charge on any atom is 0.411 e. The van der Waals surface area contributed by atoms with Gasteiger partial charge in [0.05, 0.1) is 30.4 Å². The number of aryl methyl sites for hydroxylation is 1. The standard InChI is InChI=1S/C19H25F3N4OS.HI/c1-4-23-18(26(3)10-17-12-28-14(2)25-17)24-9-15-6-5-7-16(8-15)11-27-13-19(20,21)22;/h5-8,12H,4,9-11,13H2,1-3H3,(H,23,24);1H. The van der Waals surface area contributed by atoms with Crippen molar-refractivity contribution in [1.29, 1.82) is 0 Å². The lowest BCUT2D eigenvalue weighted by molar-refractivity contribution is -0.176. The number of nitrogens with zero attached hydrogens (tertiary/aromatic N) is 3. The van der Waals surface area contributed by atoms with Crippen LogP contribution in [-0.2, 0) is 24.4 Å². The average molecular weight is 542 g/mol. The Morgan fingerprint density at radius 3 is 2.66 bits per heavy atom. The molecule has 0 radical (unpaired) electrons. The molecule has 10 heteroatoms. The minimum Gasteiger partial charge on any atom is -0.367 e. The number of alkyl halides is 3. The molecule has 0 aliphatic carbocycles. The second-order valence-electron chi connectivity index (χ2n) is 6.31. The van der Waals surface area contributed by atoms with Crippen molar-refractivity contribution in [2.45, 2.75) is 39.7 Å². The second kappa shape index (κ2) is 12.3. The van der Waals surface area contributed by atoms with E-state index in [1.165, 1.54) is 0 Å². The van der Waals surface area contributed by atoms with Gasteiger partial charge in [0.15, 0.2) is 5.96 Å². The molecule has 0 saturated heterocycles. The first-order valence-corrected chi connectivity index (χ1v) is 9.77. The number of thiazole rings is 1. The molecule has 0 bridgehead atoms. The van der Waals surface area contributed by atoms with Crippen molar-refractivity contribution in [3.8, 4) is 0 Å². The van der Waals surface area contributed by atoms with Gasteiger partial charge < -0.3 is 15.0 Å². The van der Waals surface area contributed by atoms with E-state index in [1.807, 2.05) is 43.3 Å². The summed E-state index contributed by atoms with van der Waals surface area (Å²) in [5.41, 5.74) is 2.58. The van der Waals surface area contributed by atoms with Crippen LogP contribution in [0.15, 0.2) is 34.6 Å². The number of halogens is 4. The fourth-order valence-corrected chi connectivity index (χ4v) is 3.14. The zero-order valence-corrected chi connectivity index (χ0v) is 19.8. The first kappa shape index (κ1) is 25.6. The van der Waals surface area contributed by atoms with Crippen LogP contribution < -0.4 is 5.32 Å². The van der Waals surface area contributed by atoms with Crippen LogP contribution in [-0.4, -0.2) is 42.2 Å². The zero-order chi connectivity index (χ0) is 20.6. The summed E-state index contributed by atoms with van der Waals surface area (Å²) in [5, 5.41) is 6.30. The normalized spacial score (nSPS) is 11.9. The predicted molar refractivity (Wildman–Crippen MR) is 121 cm³/mol. The minimum absolute atomic E-state index is 0. The smallest absolute Gasteiger partial charge is 0.367 e. The lowest BCUT2D eigenvalue weighted by Gasteiger charge is -2.21. The van der Waals surface area contributed by atoms with Crippen molar-refractivity contribution in [2.24, 2.45) is 4.99 Å². The third-order valence-corrected chi connectivity index (χ3v) is 4.52. The molecule has 0 atom stereocenters. The summed E-state index contributed by atoms with van der Waals surface area (Å²) in [4.78, 5) is 11.1. The maximum atomic E-state index is 12.2. The molecule has 5 nitrogen and oxygen atoms in total. The van der Waals surface area contributed by atoms with E-state index in [1.54, 1.807) is 23.5 Å². The van der Waals surface area contributed by atoms with Crippen molar-refractivity contribution in [1.82, 2.24) is 15.2 Å². The van der Waals surface area contributed by atoms with Gasteiger partial charge in [-0.3, -0.25) is 0 Å². The largest absolute Gasteiger partial charge is 0.411 e. The fourth-order valence-electron chi connectivity index (χ4n) is 2.54. The molecule has 0 aliphatic rings. The van der Waals surface area contributed by atoms with Crippen LogP contribution in [0, 0.1) is 6.92 Å². The lowest BCUT2D eigenvalue weighted by Crippen LogP contribution is -2.38. The first-order chi connectivity index (χ1) is 13.3. The topological polar surface area (TPSA) is 49.8 Å². The van der Waals surface area contributed by atoms with E-state index < -0.39 is 12.8 Å². The van der Waals surface area contributed by atoms with Gasteiger partial charge in [-0.2, -0.15) is 13.2 Å². The molecule has 162 valence electrons. The highest BCUT2D eigenvalue weighted by Crippen LogP contribution is 2.16. The van der Waals surface area contributed by atoms with Gasteiger partial charge in [-0.25, -0.2) is 9.98 Å². The highest BCUT2D eigenvalue weighted by molar-refractivity contribution is 14.0. The summed E-state index contributed by atoms with van der Waals surface area (Å²) in [6.45, 7) is 4.41. The van der Waals surface area contributed by atoms with Crippen molar-refractivity contribution in [3.05, 3.63) is 51.5 Å². The van der Waals surface area contributed by atoms with Gasteiger partial charge in [-0.1, -0.05) is 24.3 Å². The third kappa shape index (κ3) is 9.77. The number of aliphatic imine (C=N–C) groups is 1. The SMILES string of the molecule is CCNC(=NCc1cccc(COCC(F)(F)F)c1)N(C)Cc1csc(C)n1.I. The van der Waals surface area contributed by atoms with Crippen molar-refractivity contribution in [2.75, 3.05) is 20.2 Å². The van der Waals surface area contributed by atoms with Crippen LogP contribution in [0.3, 0.4) is 0 Å². The van der Waals surface area contributed by atoms with Gasteiger partial charge in [0.25, 0.3) is 0 Å². The summed E-state index contributed by atoms with van der Waals surface area (Å²) >= 11 is 1.61. The van der Waals surface area contributed by atoms with Crippen LogP contribution in [0.4, 0.5) is 13.2 Å². The van der Waals surface area contributed by atoms with Crippen LogP contribution in [0.25, 0.3) is 0 Å². The van der Waals surface area contributed by atoms with E-state index >= 15 is 0 Å². The Morgan fingerprint density at radius 1 is 1.31 bits per heavy atom. The number of aromatic nitrogens is 1. The number of nitrogens with one attached hydrogen (secondary N) is 1. The second-order valence-corrected chi connectivity index (χ2v) is 7.37.